The summed E-state index contributed by atoms with van der Waals surface area (Å²) in [6, 6.07) is 3.19. The highest BCUT2D eigenvalue weighted by atomic mass is 79.9. The van der Waals surface area contributed by atoms with Crippen LogP contribution < -0.4 is 5.32 Å². The van der Waals surface area contributed by atoms with Crippen molar-refractivity contribution in [1.29, 1.82) is 0 Å². The van der Waals surface area contributed by atoms with Gasteiger partial charge in [0.05, 0.1) is 16.6 Å². The Bertz CT molecular complexity index is 663. The molecule has 1 heterocycles. The Kier molecular flexibility index (Phi) is 5.51. The van der Waals surface area contributed by atoms with E-state index in [9.17, 15) is 14.0 Å². The molecule has 3 atom stereocenters. The number of amides is 2. The van der Waals surface area contributed by atoms with Gasteiger partial charge in [0.25, 0.3) is 0 Å². The standard InChI is InChI=1S/C16H18BrFN2O3/c1-4-8(2)23-15(21)13-9(3)19-16(22)20-14(13)10-5-6-12(18)11(17)7-10/h5-8,13-14H,4H2,1-3H3,(H,20,22). The molecule has 0 saturated carbocycles. The number of aliphatic imine (C=N–C) groups is 1. The molecule has 7 heteroatoms. The van der Waals surface area contributed by atoms with Crippen LogP contribution >= 0.6 is 15.9 Å². The molecule has 1 aromatic carbocycles. The molecule has 5 nitrogen and oxygen atoms in total. The summed E-state index contributed by atoms with van der Waals surface area (Å²) in [6.07, 6.45) is 0.460. The third-order valence-corrected chi connectivity index (χ3v) is 4.40. The smallest absolute Gasteiger partial charge is 0.341 e. The first-order valence-corrected chi connectivity index (χ1v) is 8.14. The zero-order valence-corrected chi connectivity index (χ0v) is 14.7. The molecule has 0 fully saturated rings. The summed E-state index contributed by atoms with van der Waals surface area (Å²) in [5.74, 6) is -1.61. The molecule has 124 valence electrons. The molecule has 23 heavy (non-hydrogen) atoms. The van der Waals surface area contributed by atoms with Gasteiger partial charge in [0.2, 0.25) is 0 Å². The van der Waals surface area contributed by atoms with E-state index in [1.165, 1.54) is 12.1 Å². The van der Waals surface area contributed by atoms with E-state index in [1.807, 2.05) is 6.92 Å². The highest BCUT2D eigenvalue weighted by Crippen LogP contribution is 2.30. The van der Waals surface area contributed by atoms with E-state index in [1.54, 1.807) is 19.9 Å². The SMILES string of the molecule is CCC(C)OC(=O)C1C(C)=NC(=O)NC1c1ccc(F)c(Br)c1. The van der Waals surface area contributed by atoms with Crippen molar-refractivity contribution in [2.75, 3.05) is 0 Å². The third-order valence-electron chi connectivity index (χ3n) is 3.79. The summed E-state index contributed by atoms with van der Waals surface area (Å²) in [4.78, 5) is 28.0. The van der Waals surface area contributed by atoms with E-state index in [2.05, 4.69) is 26.2 Å². The average molecular weight is 385 g/mol. The van der Waals surface area contributed by atoms with Crippen molar-refractivity contribution in [1.82, 2.24) is 5.32 Å². The summed E-state index contributed by atoms with van der Waals surface area (Å²) >= 11 is 3.12. The highest BCUT2D eigenvalue weighted by Gasteiger charge is 2.38. The summed E-state index contributed by atoms with van der Waals surface area (Å²) in [6.45, 7) is 5.33. The van der Waals surface area contributed by atoms with E-state index in [0.29, 0.717) is 17.7 Å². The van der Waals surface area contributed by atoms with Crippen molar-refractivity contribution in [2.45, 2.75) is 39.3 Å². The number of carbonyl (C=O) groups excluding carboxylic acids is 2. The van der Waals surface area contributed by atoms with Gasteiger partial charge in [0, 0.05) is 5.71 Å². The molecule has 0 bridgehead atoms. The van der Waals surface area contributed by atoms with Gasteiger partial charge in [-0.05, 0) is 53.9 Å². The van der Waals surface area contributed by atoms with Crippen LogP contribution in [0.3, 0.4) is 0 Å². The van der Waals surface area contributed by atoms with Crippen molar-refractivity contribution in [2.24, 2.45) is 10.9 Å². The first-order chi connectivity index (χ1) is 10.8. The lowest BCUT2D eigenvalue weighted by molar-refractivity contribution is -0.151. The minimum absolute atomic E-state index is 0.228. The van der Waals surface area contributed by atoms with Crippen LogP contribution in [0.1, 0.15) is 38.8 Å². The lowest BCUT2D eigenvalue weighted by Gasteiger charge is -2.30. The van der Waals surface area contributed by atoms with E-state index in [4.69, 9.17) is 4.74 Å². The highest BCUT2D eigenvalue weighted by molar-refractivity contribution is 9.10. The molecule has 0 spiro atoms. The number of benzene rings is 1. The fourth-order valence-electron chi connectivity index (χ4n) is 2.36. The molecule has 2 rings (SSSR count). The molecule has 0 saturated heterocycles. The summed E-state index contributed by atoms with van der Waals surface area (Å²) < 4.78 is 19.1. The molecule has 1 aliphatic rings. The van der Waals surface area contributed by atoms with Gasteiger partial charge in [-0.1, -0.05) is 13.0 Å². The molecule has 1 aliphatic heterocycles. The number of nitrogens with one attached hydrogen (secondary N) is 1. The van der Waals surface area contributed by atoms with Gasteiger partial charge in [-0.2, -0.15) is 0 Å². The molecule has 3 unspecified atom stereocenters. The number of halogens is 2. The maximum Gasteiger partial charge on any atom is 0.341 e. The maximum atomic E-state index is 13.4. The predicted molar refractivity (Wildman–Crippen MR) is 87.8 cm³/mol. The largest absolute Gasteiger partial charge is 0.462 e. The minimum Gasteiger partial charge on any atom is -0.462 e. The fourth-order valence-corrected chi connectivity index (χ4v) is 2.76. The molecular formula is C16H18BrFN2O3. The van der Waals surface area contributed by atoms with Crippen LogP contribution in [0.2, 0.25) is 0 Å². The van der Waals surface area contributed by atoms with Gasteiger partial charge in [-0.15, -0.1) is 0 Å². The Morgan fingerprint density at radius 3 is 2.83 bits per heavy atom. The van der Waals surface area contributed by atoms with E-state index in [0.717, 1.165) is 0 Å². The molecule has 0 aliphatic carbocycles. The number of ether oxygens (including phenoxy) is 1. The minimum atomic E-state index is -0.737. The number of hydrogen-bond donors (Lipinski definition) is 1. The number of nitrogens with zero attached hydrogens (tertiary/aromatic N) is 1. The number of rotatable bonds is 4. The maximum absolute atomic E-state index is 13.4. The number of carbonyl (C=O) groups is 2. The van der Waals surface area contributed by atoms with E-state index < -0.39 is 29.8 Å². The molecule has 0 radical (unpaired) electrons. The second-order valence-corrected chi connectivity index (χ2v) is 6.34. The van der Waals surface area contributed by atoms with Crippen molar-refractivity contribution in [3.8, 4) is 0 Å². The summed E-state index contributed by atoms with van der Waals surface area (Å²) in [7, 11) is 0. The van der Waals surface area contributed by atoms with Crippen LogP contribution in [-0.4, -0.2) is 23.8 Å². The first kappa shape index (κ1) is 17.6. The van der Waals surface area contributed by atoms with Crippen molar-refractivity contribution < 1.29 is 18.7 Å². The second-order valence-electron chi connectivity index (χ2n) is 5.49. The molecule has 1 aromatic rings. The quantitative estimate of drug-likeness (QED) is 0.803. The summed E-state index contributed by atoms with van der Waals surface area (Å²) in [5, 5.41) is 2.66. The van der Waals surface area contributed by atoms with Crippen molar-refractivity contribution in [3.05, 3.63) is 34.1 Å². The molecule has 0 aromatic heterocycles. The van der Waals surface area contributed by atoms with Crippen LogP contribution in [-0.2, 0) is 9.53 Å². The van der Waals surface area contributed by atoms with Gasteiger partial charge in [0.1, 0.15) is 11.7 Å². The Morgan fingerprint density at radius 2 is 2.22 bits per heavy atom. The molecule has 1 N–H and O–H groups in total. The van der Waals surface area contributed by atoms with Crippen LogP contribution in [0.4, 0.5) is 9.18 Å². The fraction of sp³-hybridized carbons (Fsp3) is 0.438. The topological polar surface area (TPSA) is 67.8 Å². The molecule has 2 amide bonds. The van der Waals surface area contributed by atoms with Crippen molar-refractivity contribution >= 4 is 33.6 Å². The predicted octanol–water partition coefficient (Wildman–Crippen LogP) is 3.77. The van der Waals surface area contributed by atoms with Gasteiger partial charge in [-0.3, -0.25) is 4.79 Å². The zero-order valence-electron chi connectivity index (χ0n) is 13.1. The van der Waals surface area contributed by atoms with Crippen LogP contribution in [0.5, 0.6) is 0 Å². The van der Waals surface area contributed by atoms with Gasteiger partial charge >= 0.3 is 12.0 Å². The Balaban J connectivity index is 2.37. The lowest BCUT2D eigenvalue weighted by atomic mass is 9.88. The van der Waals surface area contributed by atoms with E-state index in [-0.39, 0.29) is 10.6 Å². The van der Waals surface area contributed by atoms with Gasteiger partial charge in [-0.25, -0.2) is 14.2 Å². The molecular weight excluding hydrogens is 367 g/mol. The van der Waals surface area contributed by atoms with Gasteiger partial charge in [0.15, 0.2) is 0 Å². The monoisotopic (exact) mass is 384 g/mol. The van der Waals surface area contributed by atoms with Gasteiger partial charge < -0.3 is 10.1 Å². The second kappa shape index (κ2) is 7.21. The Morgan fingerprint density at radius 1 is 1.52 bits per heavy atom. The lowest BCUT2D eigenvalue weighted by Crippen LogP contribution is -2.44. The normalized spacial score (nSPS) is 22.1. The Labute approximate surface area is 142 Å². The van der Waals surface area contributed by atoms with Crippen LogP contribution in [0.25, 0.3) is 0 Å². The van der Waals surface area contributed by atoms with Crippen LogP contribution in [0, 0.1) is 11.7 Å². The number of esters is 1. The average Bonchev–Trinajstić information content (AvgIpc) is 2.48. The first-order valence-electron chi connectivity index (χ1n) is 7.34. The Hall–Kier alpha value is -1.76. The summed E-state index contributed by atoms with van der Waals surface area (Å²) in [5.41, 5.74) is 0.986. The van der Waals surface area contributed by atoms with Crippen LogP contribution in [0.15, 0.2) is 27.7 Å². The van der Waals surface area contributed by atoms with Crippen molar-refractivity contribution in [3.63, 3.8) is 0 Å². The zero-order chi connectivity index (χ0) is 17.1. The van der Waals surface area contributed by atoms with E-state index >= 15 is 0 Å². The number of hydrogen-bond acceptors (Lipinski definition) is 3. The number of urea groups is 1. The third kappa shape index (κ3) is 3.96.